The molecular formula is C30H32F3N5O. The SMILES string of the molecule is N#Cc1ccc(CN2CCC(N3C=C(C(=O)N4CCN(c5ccc(C(F)(F)F)cc5)CC4)C=CC3)CC2)cc1. The Labute approximate surface area is 227 Å². The largest absolute Gasteiger partial charge is 0.416 e. The van der Waals surface area contributed by atoms with E-state index < -0.39 is 11.7 Å². The molecule has 0 atom stereocenters. The number of carbonyl (C=O) groups excluding carboxylic acids is 1. The minimum Gasteiger partial charge on any atom is -0.370 e. The van der Waals surface area contributed by atoms with E-state index in [-0.39, 0.29) is 5.91 Å². The molecule has 0 aromatic heterocycles. The third kappa shape index (κ3) is 6.45. The smallest absolute Gasteiger partial charge is 0.370 e. The Hall–Kier alpha value is -3.77. The van der Waals surface area contributed by atoms with Gasteiger partial charge in [0.2, 0.25) is 0 Å². The van der Waals surface area contributed by atoms with Gasteiger partial charge < -0.3 is 14.7 Å². The van der Waals surface area contributed by atoms with Crippen LogP contribution in [0.3, 0.4) is 0 Å². The van der Waals surface area contributed by atoms with Gasteiger partial charge in [-0.3, -0.25) is 9.69 Å². The molecule has 0 saturated carbocycles. The van der Waals surface area contributed by atoms with Crippen molar-refractivity contribution < 1.29 is 18.0 Å². The lowest BCUT2D eigenvalue weighted by Crippen LogP contribution is -2.49. The molecule has 204 valence electrons. The number of alkyl halides is 3. The number of piperidine rings is 1. The van der Waals surface area contributed by atoms with E-state index in [4.69, 9.17) is 5.26 Å². The van der Waals surface area contributed by atoms with Gasteiger partial charge in [0.1, 0.15) is 0 Å². The van der Waals surface area contributed by atoms with E-state index in [1.54, 1.807) is 0 Å². The van der Waals surface area contributed by atoms with Crippen molar-refractivity contribution in [3.05, 3.63) is 89.1 Å². The van der Waals surface area contributed by atoms with Crippen LogP contribution in [0.5, 0.6) is 0 Å². The van der Waals surface area contributed by atoms with Crippen molar-refractivity contribution in [1.29, 1.82) is 5.26 Å². The van der Waals surface area contributed by atoms with E-state index in [2.05, 4.69) is 21.9 Å². The van der Waals surface area contributed by atoms with Gasteiger partial charge in [-0.25, -0.2) is 0 Å². The second-order valence-corrected chi connectivity index (χ2v) is 10.3. The number of likely N-dealkylation sites (tertiary alicyclic amines) is 1. The molecule has 0 spiro atoms. The molecule has 0 N–H and O–H groups in total. The Kier molecular flexibility index (Phi) is 7.94. The number of piperazine rings is 1. The molecule has 3 heterocycles. The van der Waals surface area contributed by atoms with Crippen molar-refractivity contribution in [1.82, 2.24) is 14.7 Å². The van der Waals surface area contributed by atoms with Crippen LogP contribution in [-0.4, -0.2) is 72.5 Å². The first-order valence-electron chi connectivity index (χ1n) is 13.4. The van der Waals surface area contributed by atoms with Crippen LogP contribution in [0.25, 0.3) is 0 Å². The summed E-state index contributed by atoms with van der Waals surface area (Å²) in [5.74, 6) is 0.00118. The van der Waals surface area contributed by atoms with E-state index in [0.717, 1.165) is 56.8 Å². The monoisotopic (exact) mass is 535 g/mol. The number of carbonyl (C=O) groups is 1. The molecule has 0 bridgehead atoms. The summed E-state index contributed by atoms with van der Waals surface area (Å²) in [4.78, 5) is 21.9. The summed E-state index contributed by atoms with van der Waals surface area (Å²) in [5, 5.41) is 8.98. The average molecular weight is 536 g/mol. The lowest BCUT2D eigenvalue weighted by Gasteiger charge is -2.40. The highest BCUT2D eigenvalue weighted by Gasteiger charge is 2.31. The molecule has 39 heavy (non-hydrogen) atoms. The number of nitriles is 1. The first-order chi connectivity index (χ1) is 18.8. The molecule has 0 unspecified atom stereocenters. The van der Waals surface area contributed by atoms with Crippen molar-refractivity contribution in [3.8, 4) is 6.07 Å². The molecule has 2 aromatic rings. The third-order valence-corrected chi connectivity index (χ3v) is 7.81. The Bertz CT molecular complexity index is 1250. The summed E-state index contributed by atoms with van der Waals surface area (Å²) >= 11 is 0. The molecule has 0 aliphatic carbocycles. The number of nitrogens with zero attached hydrogens (tertiary/aromatic N) is 5. The summed E-state index contributed by atoms with van der Waals surface area (Å²) in [6.07, 6.45) is 3.66. The zero-order valence-corrected chi connectivity index (χ0v) is 21.8. The fraction of sp³-hybridized carbons (Fsp3) is 0.400. The number of rotatable bonds is 5. The topological polar surface area (TPSA) is 53.8 Å². The van der Waals surface area contributed by atoms with Gasteiger partial charge in [0.15, 0.2) is 0 Å². The molecule has 3 aliphatic heterocycles. The van der Waals surface area contributed by atoms with E-state index in [0.29, 0.717) is 43.4 Å². The summed E-state index contributed by atoms with van der Waals surface area (Å²) in [7, 11) is 0. The summed E-state index contributed by atoms with van der Waals surface area (Å²) < 4.78 is 38.6. The number of hydrogen-bond donors (Lipinski definition) is 0. The molecule has 5 rings (SSSR count). The first-order valence-corrected chi connectivity index (χ1v) is 13.4. The number of amides is 1. The molecule has 2 fully saturated rings. The molecule has 1 amide bonds. The van der Waals surface area contributed by atoms with E-state index >= 15 is 0 Å². The van der Waals surface area contributed by atoms with E-state index in [1.807, 2.05) is 46.3 Å². The molecule has 2 saturated heterocycles. The second kappa shape index (κ2) is 11.5. The Morgan fingerprint density at radius 2 is 1.59 bits per heavy atom. The molecule has 9 heteroatoms. The normalized spacial score (nSPS) is 19.1. The van der Waals surface area contributed by atoms with Crippen LogP contribution in [0, 0.1) is 11.3 Å². The quantitative estimate of drug-likeness (QED) is 0.558. The number of anilines is 1. The van der Waals surface area contributed by atoms with Crippen molar-refractivity contribution in [2.45, 2.75) is 31.6 Å². The predicted molar refractivity (Wildman–Crippen MR) is 144 cm³/mol. The van der Waals surface area contributed by atoms with Gasteiger partial charge in [-0.15, -0.1) is 0 Å². The maximum absolute atomic E-state index is 13.3. The molecule has 0 radical (unpaired) electrons. The zero-order chi connectivity index (χ0) is 27.4. The summed E-state index contributed by atoms with van der Waals surface area (Å²) in [6, 6.07) is 15.5. The zero-order valence-electron chi connectivity index (χ0n) is 21.8. The van der Waals surface area contributed by atoms with Gasteiger partial charge in [0, 0.05) is 70.3 Å². The highest BCUT2D eigenvalue weighted by Crippen LogP contribution is 2.31. The van der Waals surface area contributed by atoms with Gasteiger partial charge >= 0.3 is 6.18 Å². The van der Waals surface area contributed by atoms with Crippen molar-refractivity contribution in [3.63, 3.8) is 0 Å². The maximum atomic E-state index is 13.3. The minimum absolute atomic E-state index is 0.00118. The van der Waals surface area contributed by atoms with Gasteiger partial charge in [-0.2, -0.15) is 18.4 Å². The van der Waals surface area contributed by atoms with Gasteiger partial charge in [-0.1, -0.05) is 24.3 Å². The highest BCUT2D eigenvalue weighted by molar-refractivity contribution is 5.96. The van der Waals surface area contributed by atoms with E-state index in [1.165, 1.54) is 17.7 Å². The number of hydrogen-bond acceptors (Lipinski definition) is 5. The van der Waals surface area contributed by atoms with E-state index in [9.17, 15) is 18.0 Å². The second-order valence-electron chi connectivity index (χ2n) is 10.3. The van der Waals surface area contributed by atoms with Crippen LogP contribution in [0.15, 0.2) is 72.5 Å². The molecule has 6 nitrogen and oxygen atoms in total. The molecule has 3 aliphatic rings. The fourth-order valence-corrected chi connectivity index (χ4v) is 5.52. The van der Waals surface area contributed by atoms with Crippen LogP contribution in [0.4, 0.5) is 18.9 Å². The van der Waals surface area contributed by atoms with Crippen LogP contribution in [-0.2, 0) is 17.5 Å². The van der Waals surface area contributed by atoms with Crippen molar-refractivity contribution in [2.75, 3.05) is 50.7 Å². The molecule has 2 aromatic carbocycles. The van der Waals surface area contributed by atoms with Crippen LogP contribution in [0.2, 0.25) is 0 Å². The fourth-order valence-electron chi connectivity index (χ4n) is 5.52. The lowest BCUT2D eigenvalue weighted by molar-refractivity contribution is -0.137. The van der Waals surface area contributed by atoms with Crippen molar-refractivity contribution >= 4 is 11.6 Å². The summed E-state index contributed by atoms with van der Waals surface area (Å²) in [5.41, 5.74) is 2.65. The standard InChI is InChI=1S/C30H32F3N5O/c31-30(32,33)26-7-9-27(10-8-26)36-16-18-37(19-17-36)29(39)25-2-1-13-38(22-25)28-11-14-35(15-12-28)21-24-5-3-23(20-34)4-6-24/h1-10,22,28H,11-19,21H2. The predicted octanol–water partition coefficient (Wildman–Crippen LogP) is 4.65. The Balaban J connectivity index is 1.11. The first kappa shape index (κ1) is 26.8. The van der Waals surface area contributed by atoms with Crippen molar-refractivity contribution in [2.24, 2.45) is 0 Å². The van der Waals surface area contributed by atoms with Crippen LogP contribution in [0.1, 0.15) is 29.5 Å². The number of benzene rings is 2. The van der Waals surface area contributed by atoms with Crippen LogP contribution >= 0.6 is 0 Å². The minimum atomic E-state index is -4.35. The van der Waals surface area contributed by atoms with Gasteiger partial charge in [0.05, 0.1) is 22.8 Å². The van der Waals surface area contributed by atoms with Crippen LogP contribution < -0.4 is 4.90 Å². The maximum Gasteiger partial charge on any atom is 0.416 e. The lowest BCUT2D eigenvalue weighted by atomic mass is 10.0. The highest BCUT2D eigenvalue weighted by atomic mass is 19.4. The third-order valence-electron chi connectivity index (χ3n) is 7.81. The summed E-state index contributed by atoms with van der Waals surface area (Å²) in [6.45, 7) is 5.83. The average Bonchev–Trinajstić information content (AvgIpc) is 2.97. The Morgan fingerprint density at radius 3 is 2.21 bits per heavy atom. The van der Waals surface area contributed by atoms with Gasteiger partial charge in [0.25, 0.3) is 5.91 Å². The number of halogens is 3. The molecular weight excluding hydrogens is 503 g/mol. The Morgan fingerprint density at radius 1 is 0.923 bits per heavy atom. The van der Waals surface area contributed by atoms with Gasteiger partial charge in [-0.05, 0) is 54.8 Å².